The van der Waals surface area contributed by atoms with Crippen LogP contribution in [0.5, 0.6) is 0 Å². The van der Waals surface area contributed by atoms with Crippen LogP contribution in [0.4, 0.5) is 0 Å². The van der Waals surface area contributed by atoms with E-state index in [1.54, 1.807) is 6.07 Å². The average Bonchev–Trinajstić information content (AvgIpc) is 2.08. The average molecular weight is 199 g/mol. The van der Waals surface area contributed by atoms with Crippen LogP contribution in [-0.4, -0.2) is 0 Å². The molecule has 0 amide bonds. The van der Waals surface area contributed by atoms with E-state index in [0.717, 1.165) is 30.6 Å². The summed E-state index contributed by atoms with van der Waals surface area (Å²) in [5, 5.41) is 0.202. The lowest BCUT2D eigenvalue weighted by molar-refractivity contribution is 0.389. The first kappa shape index (κ1) is 8.82. The minimum absolute atomic E-state index is 0.202. The van der Waals surface area contributed by atoms with Gasteiger partial charge in [-0.3, -0.25) is 0 Å². The van der Waals surface area contributed by atoms with E-state index in [9.17, 15) is 4.79 Å². The molecule has 1 atom stereocenters. The highest BCUT2D eigenvalue weighted by molar-refractivity contribution is 6.30. The van der Waals surface area contributed by atoms with Crippen molar-refractivity contribution in [2.24, 2.45) is 5.92 Å². The molecule has 1 aliphatic carbocycles. The van der Waals surface area contributed by atoms with E-state index < -0.39 is 5.63 Å². The maximum atomic E-state index is 11.1. The number of hydrogen-bond acceptors (Lipinski definition) is 2. The molecule has 2 rings (SSSR count). The van der Waals surface area contributed by atoms with E-state index in [0.29, 0.717) is 5.92 Å². The molecule has 0 bridgehead atoms. The fourth-order valence-electron chi connectivity index (χ4n) is 1.76. The Kier molecular flexibility index (Phi) is 2.16. The molecular weight excluding hydrogens is 188 g/mol. The molecule has 1 unspecified atom stereocenters. The molecule has 70 valence electrons. The molecule has 2 nitrogen and oxygen atoms in total. The Hall–Kier alpha value is -0.760. The molecular formula is C10H11ClO2. The molecule has 0 aromatic carbocycles. The van der Waals surface area contributed by atoms with Crippen molar-refractivity contribution in [1.29, 1.82) is 0 Å². The lowest BCUT2D eigenvalue weighted by atomic mass is 9.89. The van der Waals surface area contributed by atoms with Gasteiger partial charge < -0.3 is 4.42 Å². The quantitative estimate of drug-likeness (QED) is 0.641. The lowest BCUT2D eigenvalue weighted by Gasteiger charge is -2.19. The molecule has 13 heavy (non-hydrogen) atoms. The maximum Gasteiger partial charge on any atom is 0.354 e. The van der Waals surface area contributed by atoms with Crippen molar-refractivity contribution < 1.29 is 4.42 Å². The predicted octanol–water partition coefficient (Wildman–Crippen LogP) is 2.42. The normalized spacial score (nSPS) is 21.2. The van der Waals surface area contributed by atoms with Crippen LogP contribution in [-0.2, 0) is 12.8 Å². The Morgan fingerprint density at radius 2 is 2.38 bits per heavy atom. The van der Waals surface area contributed by atoms with Crippen molar-refractivity contribution in [3.05, 3.63) is 32.8 Å². The summed E-state index contributed by atoms with van der Waals surface area (Å²) < 4.78 is 5.09. The third-order valence-electron chi connectivity index (χ3n) is 2.50. The standard InChI is InChI=1S/C10H11ClO2/c1-6-2-3-9-7(4-6)5-8(11)10(12)13-9/h5-6H,2-4H2,1H3. The monoisotopic (exact) mass is 198 g/mol. The molecule has 0 saturated carbocycles. The van der Waals surface area contributed by atoms with Crippen LogP contribution in [0.3, 0.4) is 0 Å². The molecule has 0 N–H and O–H groups in total. The zero-order valence-corrected chi connectivity index (χ0v) is 8.23. The maximum absolute atomic E-state index is 11.1. The highest BCUT2D eigenvalue weighted by atomic mass is 35.5. The first-order valence-corrected chi connectivity index (χ1v) is 4.86. The second-order valence-electron chi connectivity index (χ2n) is 3.68. The molecule has 1 aliphatic rings. The minimum atomic E-state index is -0.407. The van der Waals surface area contributed by atoms with Crippen LogP contribution < -0.4 is 5.63 Å². The topological polar surface area (TPSA) is 30.2 Å². The van der Waals surface area contributed by atoms with Crippen molar-refractivity contribution in [2.75, 3.05) is 0 Å². The molecule has 1 aromatic heterocycles. The molecule has 3 heteroatoms. The summed E-state index contributed by atoms with van der Waals surface area (Å²) in [6, 6.07) is 1.75. The largest absolute Gasteiger partial charge is 0.427 e. The molecule has 0 radical (unpaired) electrons. The third kappa shape index (κ3) is 1.63. The van der Waals surface area contributed by atoms with Crippen molar-refractivity contribution in [3.63, 3.8) is 0 Å². The molecule has 1 aromatic rings. The number of aryl methyl sites for hydroxylation is 1. The molecule has 0 fully saturated rings. The van der Waals surface area contributed by atoms with Crippen LogP contribution in [0.25, 0.3) is 0 Å². The molecule has 0 spiro atoms. The first-order chi connectivity index (χ1) is 6.16. The Morgan fingerprint density at radius 1 is 1.62 bits per heavy atom. The number of hydrogen-bond donors (Lipinski definition) is 0. The zero-order chi connectivity index (χ0) is 9.42. The van der Waals surface area contributed by atoms with Gasteiger partial charge >= 0.3 is 5.63 Å². The van der Waals surface area contributed by atoms with Gasteiger partial charge in [0.25, 0.3) is 0 Å². The summed E-state index contributed by atoms with van der Waals surface area (Å²) in [7, 11) is 0. The lowest BCUT2D eigenvalue weighted by Crippen LogP contribution is -2.14. The SMILES string of the molecule is CC1CCc2oc(=O)c(Cl)cc2C1. The summed E-state index contributed by atoms with van der Waals surface area (Å²) in [6.07, 6.45) is 2.93. The zero-order valence-electron chi connectivity index (χ0n) is 7.47. The van der Waals surface area contributed by atoms with Gasteiger partial charge in [-0.05, 0) is 30.4 Å². The summed E-state index contributed by atoms with van der Waals surface area (Å²) in [6.45, 7) is 2.20. The van der Waals surface area contributed by atoms with Crippen LogP contribution in [0.15, 0.2) is 15.3 Å². The van der Waals surface area contributed by atoms with E-state index in [2.05, 4.69) is 6.92 Å². The Bertz CT molecular complexity index is 381. The second-order valence-corrected chi connectivity index (χ2v) is 4.09. The number of rotatable bonds is 0. The molecule has 0 saturated heterocycles. The van der Waals surface area contributed by atoms with Gasteiger partial charge in [-0.2, -0.15) is 0 Å². The van der Waals surface area contributed by atoms with Gasteiger partial charge in [-0.15, -0.1) is 0 Å². The van der Waals surface area contributed by atoms with Crippen molar-refractivity contribution in [3.8, 4) is 0 Å². The summed E-state index contributed by atoms with van der Waals surface area (Å²) >= 11 is 5.69. The summed E-state index contributed by atoms with van der Waals surface area (Å²) in [4.78, 5) is 11.1. The Labute approximate surface area is 81.5 Å². The summed E-state index contributed by atoms with van der Waals surface area (Å²) in [5.74, 6) is 1.49. The fourth-order valence-corrected chi connectivity index (χ4v) is 1.93. The summed E-state index contributed by atoms with van der Waals surface area (Å²) in [5.41, 5.74) is 0.693. The fraction of sp³-hybridized carbons (Fsp3) is 0.500. The van der Waals surface area contributed by atoms with Crippen LogP contribution in [0.1, 0.15) is 24.7 Å². The van der Waals surface area contributed by atoms with Crippen LogP contribution >= 0.6 is 11.6 Å². The number of fused-ring (bicyclic) bond motifs is 1. The first-order valence-electron chi connectivity index (χ1n) is 4.48. The van der Waals surface area contributed by atoms with Gasteiger partial charge in [-0.25, -0.2) is 4.79 Å². The smallest absolute Gasteiger partial charge is 0.354 e. The van der Waals surface area contributed by atoms with E-state index in [1.807, 2.05) is 0 Å². The van der Waals surface area contributed by atoms with Gasteiger partial charge in [0.05, 0.1) is 0 Å². The Balaban J connectivity index is 2.49. The Morgan fingerprint density at radius 3 is 3.15 bits per heavy atom. The highest BCUT2D eigenvalue weighted by Crippen LogP contribution is 2.25. The van der Waals surface area contributed by atoms with Gasteiger partial charge in [0.15, 0.2) is 0 Å². The third-order valence-corrected chi connectivity index (χ3v) is 2.77. The van der Waals surface area contributed by atoms with Crippen LogP contribution in [0.2, 0.25) is 5.02 Å². The van der Waals surface area contributed by atoms with E-state index >= 15 is 0 Å². The van der Waals surface area contributed by atoms with Gasteiger partial charge in [0.1, 0.15) is 10.8 Å². The second kappa shape index (κ2) is 3.18. The highest BCUT2D eigenvalue weighted by Gasteiger charge is 2.18. The minimum Gasteiger partial charge on any atom is -0.427 e. The molecule has 0 aliphatic heterocycles. The van der Waals surface area contributed by atoms with E-state index in [4.69, 9.17) is 16.0 Å². The van der Waals surface area contributed by atoms with E-state index in [-0.39, 0.29) is 5.02 Å². The predicted molar refractivity (Wildman–Crippen MR) is 51.2 cm³/mol. The van der Waals surface area contributed by atoms with Gasteiger partial charge in [-0.1, -0.05) is 18.5 Å². The van der Waals surface area contributed by atoms with E-state index in [1.165, 1.54) is 0 Å². The van der Waals surface area contributed by atoms with Gasteiger partial charge in [0, 0.05) is 6.42 Å². The van der Waals surface area contributed by atoms with Crippen molar-refractivity contribution in [2.45, 2.75) is 26.2 Å². The van der Waals surface area contributed by atoms with Crippen LogP contribution in [0, 0.1) is 5.92 Å². The number of halogens is 1. The van der Waals surface area contributed by atoms with Crippen molar-refractivity contribution >= 4 is 11.6 Å². The molecule has 1 heterocycles. The van der Waals surface area contributed by atoms with Gasteiger partial charge in [0.2, 0.25) is 0 Å². The van der Waals surface area contributed by atoms with Crippen molar-refractivity contribution in [1.82, 2.24) is 0 Å².